The fraction of sp³-hybridized carbons (Fsp3) is 0.273. The van der Waals surface area contributed by atoms with E-state index in [4.69, 9.17) is 4.74 Å². The van der Waals surface area contributed by atoms with E-state index in [0.717, 1.165) is 22.2 Å². The maximum absolute atomic E-state index is 13.1. The zero-order chi connectivity index (χ0) is 19.9. The number of para-hydroxylation sites is 1. The van der Waals surface area contributed by atoms with Gasteiger partial charge in [0.1, 0.15) is 11.7 Å². The van der Waals surface area contributed by atoms with Crippen molar-refractivity contribution in [3.8, 4) is 0 Å². The average Bonchev–Trinajstić information content (AvgIpc) is 3.09. The SMILES string of the molecule is COC(=O)C(CCSC)NC(=O)c1cc2ccccc2n1Cc1ccccc1. The summed E-state index contributed by atoms with van der Waals surface area (Å²) in [6.45, 7) is 0.574. The number of methoxy groups -OCH3 is 1. The van der Waals surface area contributed by atoms with Crippen molar-refractivity contribution in [2.75, 3.05) is 19.1 Å². The first kappa shape index (κ1) is 20.0. The Hall–Kier alpha value is -2.73. The zero-order valence-electron chi connectivity index (χ0n) is 16.1. The standard InChI is InChI=1S/C22H24N2O3S/c1-27-22(26)18(12-13-28-2)23-21(25)20-14-17-10-6-7-11-19(17)24(20)15-16-8-4-3-5-9-16/h3-11,14,18H,12-13,15H2,1-2H3,(H,23,25). The number of carbonyl (C=O) groups is 2. The molecule has 0 saturated carbocycles. The number of fused-ring (bicyclic) bond motifs is 1. The molecule has 0 saturated heterocycles. The molecule has 3 rings (SSSR count). The van der Waals surface area contributed by atoms with E-state index in [0.29, 0.717) is 18.7 Å². The topological polar surface area (TPSA) is 60.3 Å². The van der Waals surface area contributed by atoms with Gasteiger partial charge in [0.15, 0.2) is 0 Å². The van der Waals surface area contributed by atoms with E-state index in [-0.39, 0.29) is 5.91 Å². The summed E-state index contributed by atoms with van der Waals surface area (Å²) in [6.07, 6.45) is 2.49. The number of aromatic nitrogens is 1. The molecule has 2 aromatic carbocycles. The first-order valence-electron chi connectivity index (χ1n) is 9.14. The van der Waals surface area contributed by atoms with Crippen LogP contribution in [0, 0.1) is 0 Å². The average molecular weight is 397 g/mol. The first-order valence-corrected chi connectivity index (χ1v) is 10.5. The Morgan fingerprint density at radius 1 is 1.11 bits per heavy atom. The summed E-state index contributed by atoms with van der Waals surface area (Å²) in [5, 5.41) is 3.85. The molecule has 1 heterocycles. The molecule has 0 aliphatic carbocycles. The van der Waals surface area contributed by atoms with Gasteiger partial charge in [-0.15, -0.1) is 0 Å². The van der Waals surface area contributed by atoms with Gasteiger partial charge in [0, 0.05) is 17.4 Å². The molecule has 0 fully saturated rings. The first-order chi connectivity index (χ1) is 13.6. The largest absolute Gasteiger partial charge is 0.467 e. The predicted molar refractivity (Wildman–Crippen MR) is 114 cm³/mol. The summed E-state index contributed by atoms with van der Waals surface area (Å²) < 4.78 is 6.85. The molecule has 0 aliphatic rings. The predicted octanol–water partition coefficient (Wildman–Crippen LogP) is 3.71. The Morgan fingerprint density at radius 2 is 1.82 bits per heavy atom. The molecule has 0 radical (unpaired) electrons. The lowest BCUT2D eigenvalue weighted by molar-refractivity contribution is -0.142. The lowest BCUT2D eigenvalue weighted by Crippen LogP contribution is -2.42. The third-order valence-corrected chi connectivity index (χ3v) is 5.27. The molecule has 0 spiro atoms. The van der Waals surface area contributed by atoms with E-state index in [1.807, 2.05) is 71.5 Å². The number of nitrogens with zero attached hydrogens (tertiary/aromatic N) is 1. The molecule has 0 aliphatic heterocycles. The van der Waals surface area contributed by atoms with Crippen molar-refractivity contribution in [2.24, 2.45) is 0 Å². The van der Waals surface area contributed by atoms with E-state index in [1.165, 1.54) is 7.11 Å². The van der Waals surface area contributed by atoms with Crippen molar-refractivity contribution in [3.63, 3.8) is 0 Å². The van der Waals surface area contributed by atoms with Crippen LogP contribution in [-0.4, -0.2) is 41.6 Å². The molecule has 146 valence electrons. The van der Waals surface area contributed by atoms with Gasteiger partial charge in [0.2, 0.25) is 0 Å². The minimum absolute atomic E-state index is 0.274. The highest BCUT2D eigenvalue weighted by molar-refractivity contribution is 7.98. The van der Waals surface area contributed by atoms with E-state index in [1.54, 1.807) is 11.8 Å². The summed E-state index contributed by atoms with van der Waals surface area (Å²) in [7, 11) is 1.34. The molecular weight excluding hydrogens is 372 g/mol. The van der Waals surface area contributed by atoms with E-state index < -0.39 is 12.0 Å². The number of rotatable bonds is 8. The van der Waals surface area contributed by atoms with Gasteiger partial charge in [-0.1, -0.05) is 48.5 Å². The molecule has 1 amide bonds. The Balaban J connectivity index is 1.93. The number of amides is 1. The fourth-order valence-corrected chi connectivity index (χ4v) is 3.67. The number of hydrogen-bond donors (Lipinski definition) is 1. The van der Waals surface area contributed by atoms with Gasteiger partial charge in [0.05, 0.1) is 7.11 Å². The molecule has 6 heteroatoms. The van der Waals surface area contributed by atoms with Crippen LogP contribution in [0.4, 0.5) is 0 Å². The third-order valence-electron chi connectivity index (χ3n) is 4.63. The summed E-state index contributed by atoms with van der Waals surface area (Å²) in [6, 6.07) is 19.1. The number of carbonyl (C=O) groups excluding carboxylic acids is 2. The molecule has 1 unspecified atom stereocenters. The van der Waals surface area contributed by atoms with Gasteiger partial charge < -0.3 is 14.6 Å². The summed E-state index contributed by atoms with van der Waals surface area (Å²) in [4.78, 5) is 25.2. The second-order valence-electron chi connectivity index (χ2n) is 6.49. The van der Waals surface area contributed by atoms with Crippen molar-refractivity contribution in [1.29, 1.82) is 0 Å². The highest BCUT2D eigenvalue weighted by Gasteiger charge is 2.24. The monoisotopic (exact) mass is 396 g/mol. The Labute approximate surface area is 169 Å². The van der Waals surface area contributed by atoms with Crippen molar-refractivity contribution in [2.45, 2.75) is 19.0 Å². The van der Waals surface area contributed by atoms with Crippen LogP contribution in [0.25, 0.3) is 10.9 Å². The molecule has 28 heavy (non-hydrogen) atoms. The number of hydrogen-bond acceptors (Lipinski definition) is 4. The van der Waals surface area contributed by atoms with Gasteiger partial charge in [-0.25, -0.2) is 4.79 Å². The summed E-state index contributed by atoms with van der Waals surface area (Å²) >= 11 is 1.63. The van der Waals surface area contributed by atoms with Crippen molar-refractivity contribution >= 4 is 34.5 Å². The quantitative estimate of drug-likeness (QED) is 0.590. The minimum atomic E-state index is -0.659. The number of ether oxygens (including phenoxy) is 1. The van der Waals surface area contributed by atoms with Gasteiger partial charge in [-0.2, -0.15) is 11.8 Å². The van der Waals surface area contributed by atoms with E-state index in [2.05, 4.69) is 5.32 Å². The fourth-order valence-electron chi connectivity index (χ4n) is 3.19. The number of benzene rings is 2. The maximum atomic E-state index is 13.1. The van der Waals surface area contributed by atoms with Crippen molar-refractivity contribution in [3.05, 3.63) is 71.9 Å². The van der Waals surface area contributed by atoms with Crippen LogP contribution in [0.5, 0.6) is 0 Å². The van der Waals surface area contributed by atoms with Crippen LogP contribution in [0.1, 0.15) is 22.5 Å². The molecule has 5 nitrogen and oxygen atoms in total. The molecule has 1 N–H and O–H groups in total. The second kappa shape index (κ2) is 9.46. The number of esters is 1. The van der Waals surface area contributed by atoms with Crippen LogP contribution >= 0.6 is 11.8 Å². The molecule has 3 aromatic rings. The van der Waals surface area contributed by atoms with E-state index in [9.17, 15) is 9.59 Å². The van der Waals surface area contributed by atoms with Crippen molar-refractivity contribution in [1.82, 2.24) is 9.88 Å². The van der Waals surface area contributed by atoms with Crippen LogP contribution in [0.2, 0.25) is 0 Å². The summed E-state index contributed by atoms with van der Waals surface area (Å²) in [5.74, 6) is 0.0595. The van der Waals surface area contributed by atoms with Gasteiger partial charge >= 0.3 is 5.97 Å². The van der Waals surface area contributed by atoms with Crippen LogP contribution in [0.15, 0.2) is 60.7 Å². The molecule has 0 bridgehead atoms. The second-order valence-corrected chi connectivity index (χ2v) is 7.48. The molecule has 1 aromatic heterocycles. The van der Waals surface area contributed by atoms with Crippen LogP contribution in [0.3, 0.4) is 0 Å². The highest BCUT2D eigenvalue weighted by Crippen LogP contribution is 2.22. The number of nitrogens with one attached hydrogen (secondary N) is 1. The normalized spacial score (nSPS) is 11.9. The zero-order valence-corrected chi connectivity index (χ0v) is 16.9. The van der Waals surface area contributed by atoms with Gasteiger partial charge in [0.25, 0.3) is 5.91 Å². The minimum Gasteiger partial charge on any atom is -0.467 e. The van der Waals surface area contributed by atoms with Gasteiger partial charge in [-0.3, -0.25) is 4.79 Å². The Kier molecular flexibility index (Phi) is 6.76. The van der Waals surface area contributed by atoms with Crippen molar-refractivity contribution < 1.29 is 14.3 Å². The Bertz CT molecular complexity index is 953. The summed E-state index contributed by atoms with van der Waals surface area (Å²) in [5.41, 5.74) is 2.61. The smallest absolute Gasteiger partial charge is 0.328 e. The lowest BCUT2D eigenvalue weighted by Gasteiger charge is -2.17. The van der Waals surface area contributed by atoms with E-state index >= 15 is 0 Å². The third kappa shape index (κ3) is 4.57. The van der Waals surface area contributed by atoms with Gasteiger partial charge in [-0.05, 0) is 36.1 Å². The highest BCUT2D eigenvalue weighted by atomic mass is 32.2. The van der Waals surface area contributed by atoms with Crippen LogP contribution < -0.4 is 5.32 Å². The van der Waals surface area contributed by atoms with Crippen LogP contribution in [-0.2, 0) is 16.1 Å². The molecule has 1 atom stereocenters. The number of thioether (sulfide) groups is 1. The maximum Gasteiger partial charge on any atom is 0.328 e. The molecular formula is C22H24N2O3S. The Morgan fingerprint density at radius 3 is 2.54 bits per heavy atom. The lowest BCUT2D eigenvalue weighted by atomic mass is 10.2.